The van der Waals surface area contributed by atoms with Crippen LogP contribution in [0, 0.1) is 11.8 Å². The Labute approximate surface area is 279 Å². The minimum Gasteiger partial charge on any atom is -0.455 e. The molecule has 1 aromatic rings. The highest BCUT2D eigenvalue weighted by molar-refractivity contribution is 9.09. The summed E-state index contributed by atoms with van der Waals surface area (Å²) in [6.07, 6.45) is 7.90. The van der Waals surface area contributed by atoms with E-state index in [0.717, 1.165) is 32.1 Å². The number of aliphatic hydroxyl groups excluding tert-OH is 1. The number of allylic oxidation sites excluding steroid dienone is 1. The summed E-state index contributed by atoms with van der Waals surface area (Å²) < 4.78 is 12.8. The lowest BCUT2D eigenvalue weighted by Crippen LogP contribution is -2.59. The van der Waals surface area contributed by atoms with Gasteiger partial charge in [0.25, 0.3) is 0 Å². The molecule has 4 fully saturated rings. The number of nitrogens with one attached hydrogen (secondary N) is 1. The second kappa shape index (κ2) is 14.8. The molecule has 3 heterocycles. The van der Waals surface area contributed by atoms with Crippen molar-refractivity contribution in [2.24, 2.45) is 11.8 Å². The Hall–Kier alpha value is -3.02. The van der Waals surface area contributed by atoms with E-state index in [4.69, 9.17) is 9.47 Å². The van der Waals surface area contributed by atoms with E-state index in [1.165, 1.54) is 4.90 Å². The molecule has 5 rings (SSSR count). The van der Waals surface area contributed by atoms with E-state index in [9.17, 15) is 24.3 Å². The number of aliphatic hydroxyl groups is 1. The minimum atomic E-state index is -1.26. The first kappa shape index (κ1) is 34.3. The predicted octanol–water partition coefficient (Wildman–Crippen LogP) is 3.83. The number of alkyl halides is 1. The van der Waals surface area contributed by atoms with E-state index in [2.05, 4.69) is 34.4 Å². The van der Waals surface area contributed by atoms with Crippen LogP contribution in [0.4, 0.5) is 0 Å². The van der Waals surface area contributed by atoms with Crippen molar-refractivity contribution in [3.8, 4) is 0 Å². The molecular weight excluding hydrogens is 654 g/mol. The molecule has 2 bridgehead atoms. The van der Waals surface area contributed by atoms with Crippen molar-refractivity contribution in [3.05, 3.63) is 61.2 Å². The lowest BCUT2D eigenvalue weighted by Gasteiger charge is -2.40. The zero-order valence-corrected chi connectivity index (χ0v) is 28.1. The fourth-order valence-corrected chi connectivity index (χ4v) is 9.02. The quantitative estimate of drug-likeness (QED) is 0.172. The van der Waals surface area contributed by atoms with Gasteiger partial charge in [0.1, 0.15) is 17.7 Å². The van der Waals surface area contributed by atoms with Crippen molar-refractivity contribution >= 4 is 39.6 Å². The number of likely N-dealkylation sites (tertiary alicyclic amines) is 1. The van der Waals surface area contributed by atoms with Crippen LogP contribution in [-0.4, -0.2) is 93.0 Å². The van der Waals surface area contributed by atoms with Crippen molar-refractivity contribution in [3.63, 3.8) is 0 Å². The molecule has 2 N–H and O–H groups in total. The smallest absolute Gasteiger partial charge is 0.313 e. The summed E-state index contributed by atoms with van der Waals surface area (Å²) in [7, 11) is 0. The molecule has 11 heteroatoms. The second-order valence-corrected chi connectivity index (χ2v) is 14.1. The van der Waals surface area contributed by atoms with Gasteiger partial charge in [-0.3, -0.25) is 19.2 Å². The number of amides is 3. The largest absolute Gasteiger partial charge is 0.455 e. The van der Waals surface area contributed by atoms with Gasteiger partial charge < -0.3 is 29.7 Å². The standard InChI is InChI=1S/C35H46BrN3O7/c1-4-6-17-26(41)37-22(3)29(23-13-9-7-10-14-23)45-34(44)27-28-32(42)39(19-20-40)31(35(28)21-25(36)30(27)46-35)33(43)38(18-5-2)24-15-11-8-12-16-24/h4-5,7,9-10,13-14,22,24-25,27-31,40H,1-2,6,8,11-12,15-21H2,3H3,(H,37,41)/t22-,25?,27+,28-,29-,30+,31+,35-/m1/s1. The van der Waals surface area contributed by atoms with Crippen LogP contribution in [-0.2, 0) is 28.7 Å². The third-order valence-electron chi connectivity index (χ3n) is 10.1. The SMILES string of the molecule is C=CCCC(=O)N[C@H](C)[C@@H](OC(=O)[C@@H]1[C@H]2O[C@@]3(CC2Br)[C@H](C(=O)N(CC=C)C2CCCCC2)N(CCO)C(=O)[C@@H]13)c1ccccc1. The van der Waals surface area contributed by atoms with Crippen LogP contribution >= 0.6 is 15.9 Å². The summed E-state index contributed by atoms with van der Waals surface area (Å²) in [6.45, 7) is 9.29. The number of fused-ring (bicyclic) bond motifs is 1. The maximum absolute atomic E-state index is 14.5. The third kappa shape index (κ3) is 6.42. The topological polar surface area (TPSA) is 125 Å². The monoisotopic (exact) mass is 699 g/mol. The number of esters is 1. The van der Waals surface area contributed by atoms with E-state index < -0.39 is 47.7 Å². The Bertz CT molecular complexity index is 1300. The van der Waals surface area contributed by atoms with Gasteiger partial charge in [0.2, 0.25) is 17.7 Å². The number of β-amino-alcohol motifs (C(OH)–C–C–N with tert-alkyl or cyclic N) is 1. The highest BCUT2D eigenvalue weighted by atomic mass is 79.9. The summed E-state index contributed by atoms with van der Waals surface area (Å²) in [5.41, 5.74) is -0.561. The number of carbonyl (C=O) groups is 4. The number of rotatable bonds is 14. The molecule has 3 aliphatic heterocycles. The minimum absolute atomic E-state index is 0.0229. The fourth-order valence-electron chi connectivity index (χ4n) is 8.07. The zero-order valence-electron chi connectivity index (χ0n) is 26.5. The Balaban J connectivity index is 1.45. The summed E-state index contributed by atoms with van der Waals surface area (Å²) in [6, 6.07) is 7.63. The van der Waals surface area contributed by atoms with Gasteiger partial charge in [0.05, 0.1) is 30.6 Å². The van der Waals surface area contributed by atoms with Gasteiger partial charge in [-0.05, 0) is 38.2 Å². The lowest BCUT2D eigenvalue weighted by molar-refractivity contribution is -0.162. The Morgan fingerprint density at radius 3 is 2.57 bits per heavy atom. The molecule has 8 atom stereocenters. The van der Waals surface area contributed by atoms with E-state index in [1.54, 1.807) is 19.1 Å². The van der Waals surface area contributed by atoms with Gasteiger partial charge in [0.15, 0.2) is 0 Å². The first-order valence-electron chi connectivity index (χ1n) is 16.5. The normalized spacial score (nSPS) is 29.9. The first-order chi connectivity index (χ1) is 22.2. The lowest BCUT2D eigenvalue weighted by atomic mass is 9.70. The zero-order chi connectivity index (χ0) is 33.0. The molecule has 1 spiro atoms. The molecule has 3 amide bonds. The second-order valence-electron chi connectivity index (χ2n) is 12.9. The molecule has 1 saturated carbocycles. The van der Waals surface area contributed by atoms with Crippen LogP contribution < -0.4 is 5.32 Å². The molecule has 10 nitrogen and oxygen atoms in total. The summed E-state index contributed by atoms with van der Waals surface area (Å²) in [4.78, 5) is 58.6. The summed E-state index contributed by atoms with van der Waals surface area (Å²) in [5, 5.41) is 12.9. The number of hydrogen-bond acceptors (Lipinski definition) is 7. The average molecular weight is 701 g/mol. The number of halogens is 1. The van der Waals surface area contributed by atoms with Gasteiger partial charge in [-0.25, -0.2) is 0 Å². The maximum Gasteiger partial charge on any atom is 0.313 e. The van der Waals surface area contributed by atoms with Crippen molar-refractivity contribution in [2.45, 2.75) is 99.1 Å². The van der Waals surface area contributed by atoms with Gasteiger partial charge in [-0.2, -0.15) is 0 Å². The van der Waals surface area contributed by atoms with Gasteiger partial charge in [0, 0.05) is 30.4 Å². The van der Waals surface area contributed by atoms with E-state index in [0.29, 0.717) is 24.9 Å². The van der Waals surface area contributed by atoms with Crippen molar-refractivity contribution < 1.29 is 33.8 Å². The van der Waals surface area contributed by atoms with Crippen LogP contribution in [0.3, 0.4) is 0 Å². The maximum atomic E-state index is 14.5. The predicted molar refractivity (Wildman–Crippen MR) is 176 cm³/mol. The number of carbonyl (C=O) groups excluding carboxylic acids is 4. The molecule has 1 aliphatic carbocycles. The number of ether oxygens (including phenoxy) is 2. The molecule has 4 aliphatic rings. The molecule has 1 aromatic carbocycles. The molecular formula is C35H46BrN3O7. The molecule has 0 aromatic heterocycles. The molecule has 0 radical (unpaired) electrons. The highest BCUT2D eigenvalue weighted by Crippen LogP contribution is 2.60. The van der Waals surface area contributed by atoms with Crippen molar-refractivity contribution in [2.75, 3.05) is 19.7 Å². The van der Waals surface area contributed by atoms with Gasteiger partial charge in [-0.15, -0.1) is 13.2 Å². The summed E-state index contributed by atoms with van der Waals surface area (Å²) in [5.74, 6) is -3.38. The van der Waals surface area contributed by atoms with Crippen LogP contribution in [0.25, 0.3) is 0 Å². The van der Waals surface area contributed by atoms with Gasteiger partial charge in [-0.1, -0.05) is 77.7 Å². The third-order valence-corrected chi connectivity index (χ3v) is 10.9. The Kier molecular flexibility index (Phi) is 11.1. The number of hydrogen-bond donors (Lipinski definition) is 2. The van der Waals surface area contributed by atoms with Crippen LogP contribution in [0.2, 0.25) is 0 Å². The molecule has 250 valence electrons. The molecule has 1 unspecified atom stereocenters. The molecule has 46 heavy (non-hydrogen) atoms. The molecule has 3 saturated heterocycles. The Morgan fingerprint density at radius 1 is 1.20 bits per heavy atom. The van der Waals surface area contributed by atoms with E-state index in [-0.39, 0.29) is 48.2 Å². The van der Waals surface area contributed by atoms with Crippen molar-refractivity contribution in [1.82, 2.24) is 15.1 Å². The Morgan fingerprint density at radius 2 is 1.91 bits per heavy atom. The van der Waals surface area contributed by atoms with Crippen LogP contribution in [0.15, 0.2) is 55.6 Å². The average Bonchev–Trinajstić information content (AvgIpc) is 3.65. The van der Waals surface area contributed by atoms with Gasteiger partial charge >= 0.3 is 5.97 Å². The first-order valence-corrected chi connectivity index (χ1v) is 17.4. The number of benzene rings is 1. The fraction of sp³-hybridized carbons (Fsp3) is 0.600. The summed E-state index contributed by atoms with van der Waals surface area (Å²) >= 11 is 3.71. The highest BCUT2D eigenvalue weighted by Gasteiger charge is 2.77. The van der Waals surface area contributed by atoms with Crippen LogP contribution in [0.5, 0.6) is 0 Å². The van der Waals surface area contributed by atoms with E-state index in [1.807, 2.05) is 35.2 Å². The van der Waals surface area contributed by atoms with E-state index >= 15 is 0 Å². The number of nitrogens with zero attached hydrogens (tertiary/aromatic N) is 2. The van der Waals surface area contributed by atoms with Crippen LogP contribution in [0.1, 0.15) is 70.0 Å². The van der Waals surface area contributed by atoms with Crippen molar-refractivity contribution in [1.29, 1.82) is 0 Å².